The van der Waals surface area contributed by atoms with Crippen LogP contribution < -0.4 is 21.7 Å². The second-order valence-electron chi connectivity index (χ2n) is 13.2. The highest BCUT2D eigenvalue weighted by Gasteiger charge is 2.46. The van der Waals surface area contributed by atoms with Gasteiger partial charge >= 0.3 is 0 Å². The summed E-state index contributed by atoms with van der Waals surface area (Å²) in [7, 11) is 2.25. The summed E-state index contributed by atoms with van der Waals surface area (Å²) in [6.07, 6.45) is 16.2. The van der Waals surface area contributed by atoms with Crippen LogP contribution in [0.2, 0.25) is 0 Å². The Labute approximate surface area is 224 Å². The van der Waals surface area contributed by atoms with E-state index in [2.05, 4.69) is 65.4 Å². The molecule has 2 aliphatic heterocycles. The molecule has 5 rings (SSSR count). The monoisotopic (exact) mass is 510 g/mol. The molecular weight excluding hydrogens is 460 g/mol. The van der Waals surface area contributed by atoms with E-state index >= 15 is 0 Å². The first kappa shape index (κ1) is 26.6. The van der Waals surface area contributed by atoms with Gasteiger partial charge in [-0.2, -0.15) is 0 Å². The molecule has 2 heterocycles. The lowest BCUT2D eigenvalue weighted by Gasteiger charge is -2.54. The fourth-order valence-corrected chi connectivity index (χ4v) is 7.44. The number of nitrogens with one attached hydrogen (secondary N) is 3. The van der Waals surface area contributed by atoms with Gasteiger partial charge in [0.1, 0.15) is 12.0 Å². The van der Waals surface area contributed by atoms with E-state index in [4.69, 9.17) is 5.73 Å². The van der Waals surface area contributed by atoms with Crippen LogP contribution in [0.25, 0.3) is 0 Å². The summed E-state index contributed by atoms with van der Waals surface area (Å²) < 4.78 is 0. The second-order valence-corrected chi connectivity index (χ2v) is 13.2. The molecule has 3 atom stereocenters. The van der Waals surface area contributed by atoms with Crippen LogP contribution in [0.5, 0.6) is 0 Å². The smallest absolute Gasteiger partial charge is 0.163 e. The molecule has 3 unspecified atom stereocenters. The van der Waals surface area contributed by atoms with Gasteiger partial charge in [-0.05, 0) is 93.7 Å². The van der Waals surface area contributed by atoms with Gasteiger partial charge in [0.2, 0.25) is 0 Å². The third-order valence-electron chi connectivity index (χ3n) is 10.1. The minimum Gasteiger partial charge on any atom is -0.384 e. The van der Waals surface area contributed by atoms with Crippen LogP contribution in [0, 0.1) is 17.3 Å². The first-order chi connectivity index (χ1) is 17.6. The molecule has 7 heteroatoms. The van der Waals surface area contributed by atoms with E-state index in [-0.39, 0.29) is 11.7 Å². The molecule has 37 heavy (non-hydrogen) atoms. The van der Waals surface area contributed by atoms with Crippen LogP contribution >= 0.6 is 0 Å². The number of nitrogens with zero attached hydrogens (tertiary/aromatic N) is 2. The van der Waals surface area contributed by atoms with Crippen molar-refractivity contribution in [2.45, 2.75) is 89.6 Å². The maximum Gasteiger partial charge on any atom is 0.163 e. The highest BCUT2D eigenvalue weighted by molar-refractivity contribution is 5.34. The maximum absolute atomic E-state index is 11.0. The van der Waals surface area contributed by atoms with Crippen molar-refractivity contribution in [1.29, 1.82) is 0 Å². The Morgan fingerprint density at radius 1 is 1.11 bits per heavy atom. The van der Waals surface area contributed by atoms with E-state index < -0.39 is 6.23 Å². The molecule has 0 radical (unpaired) electrons. The number of aliphatic hydroxyl groups excluding tert-OH is 1. The number of nitrogens with two attached hydrogens (primary N) is 1. The van der Waals surface area contributed by atoms with Crippen molar-refractivity contribution in [1.82, 2.24) is 25.8 Å². The van der Waals surface area contributed by atoms with Gasteiger partial charge in [-0.3, -0.25) is 4.90 Å². The molecule has 5 aliphatic rings. The van der Waals surface area contributed by atoms with E-state index in [1.807, 2.05) is 0 Å². The van der Waals surface area contributed by atoms with Crippen molar-refractivity contribution in [2.24, 2.45) is 23.0 Å². The zero-order valence-electron chi connectivity index (χ0n) is 23.4. The van der Waals surface area contributed by atoms with Gasteiger partial charge in [0.15, 0.2) is 6.23 Å². The van der Waals surface area contributed by atoms with Crippen LogP contribution in [-0.2, 0) is 0 Å². The van der Waals surface area contributed by atoms with E-state index in [0.717, 1.165) is 51.1 Å². The quantitative estimate of drug-likeness (QED) is 0.277. The van der Waals surface area contributed by atoms with Gasteiger partial charge in [0.25, 0.3) is 0 Å². The lowest BCUT2D eigenvalue weighted by atomic mass is 9.64. The lowest BCUT2D eigenvalue weighted by Crippen LogP contribution is -2.60. The Hall–Kier alpha value is -1.96. The fraction of sp³-hybridized carbons (Fsp3) is 0.733. The van der Waals surface area contributed by atoms with Crippen LogP contribution in [0.3, 0.4) is 0 Å². The van der Waals surface area contributed by atoms with E-state index in [1.54, 1.807) is 6.20 Å². The number of piperazine rings is 1. The molecule has 0 bridgehead atoms. The summed E-state index contributed by atoms with van der Waals surface area (Å²) in [5, 5.41) is 20.8. The van der Waals surface area contributed by atoms with E-state index in [1.165, 1.54) is 49.7 Å². The van der Waals surface area contributed by atoms with E-state index in [9.17, 15) is 5.11 Å². The fourth-order valence-electron chi connectivity index (χ4n) is 7.44. The van der Waals surface area contributed by atoms with Crippen LogP contribution in [0.1, 0.15) is 71.6 Å². The zero-order chi connectivity index (χ0) is 26.2. The predicted molar refractivity (Wildman–Crippen MR) is 151 cm³/mol. The van der Waals surface area contributed by atoms with Crippen LogP contribution in [0.4, 0.5) is 0 Å². The Morgan fingerprint density at radius 2 is 1.78 bits per heavy atom. The van der Waals surface area contributed by atoms with Crippen molar-refractivity contribution in [3.8, 4) is 0 Å². The van der Waals surface area contributed by atoms with Crippen molar-refractivity contribution in [3.05, 3.63) is 47.6 Å². The second kappa shape index (κ2) is 10.7. The molecular formula is C30H50N6O. The van der Waals surface area contributed by atoms with Gasteiger partial charge in [-0.25, -0.2) is 0 Å². The normalized spacial score (nSPS) is 32.0. The van der Waals surface area contributed by atoms with Crippen molar-refractivity contribution < 1.29 is 5.11 Å². The third-order valence-corrected chi connectivity index (χ3v) is 10.1. The average molecular weight is 511 g/mol. The third kappa shape index (κ3) is 5.74. The molecule has 1 saturated heterocycles. The molecule has 3 fully saturated rings. The summed E-state index contributed by atoms with van der Waals surface area (Å²) in [5.74, 6) is 1.63. The molecule has 6 N–H and O–H groups in total. The molecule has 206 valence electrons. The number of allylic oxidation sites excluding steroid dienone is 3. The lowest BCUT2D eigenvalue weighted by molar-refractivity contribution is -0.00915. The summed E-state index contributed by atoms with van der Waals surface area (Å²) >= 11 is 0. The summed E-state index contributed by atoms with van der Waals surface area (Å²) in [4.78, 5) is 5.30. The Morgan fingerprint density at radius 3 is 2.41 bits per heavy atom. The van der Waals surface area contributed by atoms with E-state index in [0.29, 0.717) is 23.1 Å². The van der Waals surface area contributed by atoms with Gasteiger partial charge < -0.3 is 31.7 Å². The maximum atomic E-state index is 11.0. The summed E-state index contributed by atoms with van der Waals surface area (Å²) in [5.41, 5.74) is 10.6. The van der Waals surface area contributed by atoms with Gasteiger partial charge in [0.05, 0.1) is 0 Å². The number of hydrogen-bond acceptors (Lipinski definition) is 7. The topological polar surface area (TPSA) is 88.8 Å². The van der Waals surface area contributed by atoms with Crippen molar-refractivity contribution >= 4 is 0 Å². The average Bonchev–Trinajstić information content (AvgIpc) is 3.32. The first-order valence-corrected chi connectivity index (χ1v) is 14.6. The largest absolute Gasteiger partial charge is 0.384 e. The number of rotatable bonds is 6. The Balaban J connectivity index is 1.40. The highest BCUT2D eigenvalue weighted by atomic mass is 16.3. The standard InChI is InChI=1S/C30H50N6O/c1-21-7-13-30(14-8-21,36-17-15-35(4)16-18-36)23-5-6-25(33-28(37)27-32-20-26(31)34-27)24(19-23)22-9-11-29(2,3)12-10-22/h5-6,20,22-23,27-28,32-34,37H,1,7-19,31H2,2-4H3. The number of likely N-dealkylation sites (N-methyl/N-ethyl adjacent to an activating group) is 1. The highest BCUT2D eigenvalue weighted by Crippen LogP contribution is 2.49. The molecule has 0 aromatic rings. The molecule has 0 amide bonds. The zero-order valence-corrected chi connectivity index (χ0v) is 23.4. The van der Waals surface area contributed by atoms with Gasteiger partial charge in [-0.1, -0.05) is 32.1 Å². The molecule has 2 saturated carbocycles. The van der Waals surface area contributed by atoms with Crippen molar-refractivity contribution in [2.75, 3.05) is 33.2 Å². The Bertz CT molecular complexity index is 924. The van der Waals surface area contributed by atoms with Crippen LogP contribution in [-0.4, -0.2) is 66.1 Å². The SMILES string of the molecule is C=C1CCC(C2C=CC(NC(O)C3NC=C(N)N3)=C(C3CCC(C)(C)CC3)C2)(N2CCN(C)CC2)CC1. The molecule has 0 spiro atoms. The van der Waals surface area contributed by atoms with Crippen molar-refractivity contribution in [3.63, 3.8) is 0 Å². The Kier molecular flexibility index (Phi) is 7.68. The molecule has 7 nitrogen and oxygen atoms in total. The van der Waals surface area contributed by atoms with Crippen LogP contribution in [0.15, 0.2) is 47.6 Å². The van der Waals surface area contributed by atoms with Gasteiger partial charge in [0, 0.05) is 43.6 Å². The minimum absolute atomic E-state index is 0.204. The van der Waals surface area contributed by atoms with Gasteiger partial charge in [-0.15, -0.1) is 0 Å². The first-order valence-electron chi connectivity index (χ1n) is 14.6. The molecule has 0 aromatic heterocycles. The minimum atomic E-state index is -0.770. The summed E-state index contributed by atoms with van der Waals surface area (Å²) in [6.45, 7) is 13.8. The molecule has 3 aliphatic carbocycles. The predicted octanol–water partition coefficient (Wildman–Crippen LogP) is 3.33. The number of hydrogen-bond donors (Lipinski definition) is 5. The number of aliphatic hydroxyl groups is 1. The molecule has 0 aromatic carbocycles. The summed E-state index contributed by atoms with van der Waals surface area (Å²) in [6, 6.07) is 0.